The summed E-state index contributed by atoms with van der Waals surface area (Å²) >= 11 is 0. The second-order valence-corrected chi connectivity index (χ2v) is 14.4. The van der Waals surface area contributed by atoms with Crippen molar-refractivity contribution < 1.29 is 13.9 Å². The number of methoxy groups -OCH3 is 1. The maximum atomic E-state index is 14.0. The number of benzene rings is 4. The summed E-state index contributed by atoms with van der Waals surface area (Å²) < 4.78 is 21.5. The number of carbonyl (C=O) groups is 1. The number of hydrogen-bond donors (Lipinski definition) is 2. The van der Waals surface area contributed by atoms with Crippen LogP contribution in [0.3, 0.4) is 0 Å². The average molecular weight is 724 g/mol. The van der Waals surface area contributed by atoms with Crippen LogP contribution in [0.1, 0.15) is 45.1 Å². The van der Waals surface area contributed by atoms with Gasteiger partial charge in [0.1, 0.15) is 29.4 Å². The summed E-state index contributed by atoms with van der Waals surface area (Å²) in [6.45, 7) is 7.17. The molecule has 5 heterocycles. The summed E-state index contributed by atoms with van der Waals surface area (Å²) in [5, 5.41) is 8.78. The van der Waals surface area contributed by atoms with Gasteiger partial charge in [0.15, 0.2) is 5.65 Å². The predicted octanol–water partition coefficient (Wildman–Crippen LogP) is 5.83. The number of ether oxygens (including phenoxy) is 1. The fourth-order valence-electron chi connectivity index (χ4n) is 8.16. The zero-order chi connectivity index (χ0) is 36.8. The zero-order valence-electron chi connectivity index (χ0n) is 30.2. The molecule has 1 unspecified atom stereocenters. The largest absolute Gasteiger partial charge is 0.496 e. The minimum absolute atomic E-state index is 0.0278. The number of anilines is 3. The normalized spacial score (nSPS) is 17.3. The van der Waals surface area contributed by atoms with Crippen molar-refractivity contribution >= 4 is 34.1 Å². The molecule has 3 aliphatic rings. The number of halogens is 1. The Labute approximate surface area is 313 Å². The van der Waals surface area contributed by atoms with E-state index in [4.69, 9.17) is 15.6 Å². The molecule has 274 valence electrons. The van der Waals surface area contributed by atoms with Crippen LogP contribution < -0.4 is 25.6 Å². The molecule has 0 spiro atoms. The smallest absolute Gasteiger partial charge is 0.251 e. The molecule has 6 aromatic rings. The molecule has 3 N–H and O–H groups in total. The fraction of sp³-hybridized carbons (Fsp3) is 0.286. The summed E-state index contributed by atoms with van der Waals surface area (Å²) in [5.41, 5.74) is 16.3. The second kappa shape index (κ2) is 14.1. The predicted molar refractivity (Wildman–Crippen MR) is 208 cm³/mol. The van der Waals surface area contributed by atoms with Gasteiger partial charge in [0.25, 0.3) is 5.91 Å². The molecule has 2 fully saturated rings. The van der Waals surface area contributed by atoms with Crippen LogP contribution in [0, 0.1) is 5.82 Å². The molecule has 4 aromatic carbocycles. The standard InChI is InChI=1S/C42H42FN9O2/c1-54-37-13-8-32(43)21-30(37)20-27-2-6-29(7-3-27)39-38-40(44)46-26-47-41(38)52(48-39)35-14-15-51(25-35)33-9-4-28(5-10-33)24-49-16-18-50(19-17-49)34-11-12-36-31(22-34)23-45-42(36)53/h2-13,21-22,26,35H,14-20,23-25H2,1H3,(H,45,53)(H2,44,46,47). The van der Waals surface area contributed by atoms with Gasteiger partial charge in [0.05, 0.1) is 18.5 Å². The lowest BCUT2D eigenvalue weighted by Crippen LogP contribution is -2.46. The number of nitrogens with zero attached hydrogens (tertiary/aromatic N) is 7. The lowest BCUT2D eigenvalue weighted by molar-refractivity contribution is 0.0965. The van der Waals surface area contributed by atoms with Crippen molar-refractivity contribution in [2.75, 3.05) is 61.9 Å². The van der Waals surface area contributed by atoms with E-state index in [9.17, 15) is 9.18 Å². The molecule has 54 heavy (non-hydrogen) atoms. The van der Waals surface area contributed by atoms with Gasteiger partial charge in [-0.2, -0.15) is 5.10 Å². The number of amides is 1. The Kier molecular flexibility index (Phi) is 8.82. The highest BCUT2D eigenvalue weighted by molar-refractivity contribution is 5.99. The molecule has 0 radical (unpaired) electrons. The number of nitrogens with one attached hydrogen (secondary N) is 1. The Bertz CT molecular complexity index is 2340. The molecule has 0 aliphatic carbocycles. The molecule has 0 saturated carbocycles. The first-order valence-corrected chi connectivity index (χ1v) is 18.5. The first-order chi connectivity index (χ1) is 26.4. The van der Waals surface area contributed by atoms with Crippen molar-refractivity contribution in [1.29, 1.82) is 0 Å². The van der Waals surface area contributed by atoms with Crippen molar-refractivity contribution in [2.24, 2.45) is 0 Å². The van der Waals surface area contributed by atoms with Gasteiger partial charge in [-0.1, -0.05) is 36.4 Å². The molecule has 2 aromatic heterocycles. The van der Waals surface area contributed by atoms with E-state index in [-0.39, 0.29) is 17.8 Å². The van der Waals surface area contributed by atoms with Gasteiger partial charge in [-0.25, -0.2) is 19.0 Å². The van der Waals surface area contributed by atoms with E-state index in [0.717, 1.165) is 96.8 Å². The molecule has 12 heteroatoms. The SMILES string of the molecule is COc1ccc(F)cc1Cc1ccc(-c2nn(C3CCN(c4ccc(CN5CCN(c6ccc7c(c6)CNC7=O)CC5)cc4)C3)c3ncnc(N)c23)cc1. The Hall–Kier alpha value is -6.01. The van der Waals surface area contributed by atoms with Crippen LogP contribution in [0.5, 0.6) is 5.75 Å². The maximum Gasteiger partial charge on any atom is 0.251 e. The van der Waals surface area contributed by atoms with E-state index in [2.05, 4.69) is 66.4 Å². The number of fused-ring (bicyclic) bond motifs is 2. The number of nitrogen functional groups attached to an aromatic ring is 1. The highest BCUT2D eigenvalue weighted by atomic mass is 19.1. The van der Waals surface area contributed by atoms with Crippen molar-refractivity contribution in [1.82, 2.24) is 30.0 Å². The minimum Gasteiger partial charge on any atom is -0.496 e. The van der Waals surface area contributed by atoms with Crippen molar-refractivity contribution in [2.45, 2.75) is 32.0 Å². The van der Waals surface area contributed by atoms with E-state index >= 15 is 0 Å². The monoisotopic (exact) mass is 723 g/mol. The average Bonchev–Trinajstić information content (AvgIpc) is 3.94. The van der Waals surface area contributed by atoms with Gasteiger partial charge in [0.2, 0.25) is 0 Å². The molecular formula is C42H42FN9O2. The number of aromatic nitrogens is 4. The van der Waals surface area contributed by atoms with E-state index in [1.807, 2.05) is 35.0 Å². The topological polar surface area (TPSA) is 118 Å². The van der Waals surface area contributed by atoms with Crippen LogP contribution in [0.15, 0.2) is 91.3 Å². The summed E-state index contributed by atoms with van der Waals surface area (Å²) in [4.78, 5) is 28.3. The number of piperazine rings is 1. The maximum absolute atomic E-state index is 14.0. The molecule has 2 saturated heterocycles. The van der Waals surface area contributed by atoms with E-state index in [1.165, 1.54) is 35.4 Å². The van der Waals surface area contributed by atoms with Crippen LogP contribution in [0.2, 0.25) is 0 Å². The molecule has 11 nitrogen and oxygen atoms in total. The van der Waals surface area contributed by atoms with Crippen molar-refractivity contribution in [3.05, 3.63) is 125 Å². The van der Waals surface area contributed by atoms with Crippen LogP contribution in [0.25, 0.3) is 22.3 Å². The molecule has 1 amide bonds. The second-order valence-electron chi connectivity index (χ2n) is 14.4. The summed E-state index contributed by atoms with van der Waals surface area (Å²) in [6, 6.07) is 28.0. The van der Waals surface area contributed by atoms with E-state index in [0.29, 0.717) is 24.5 Å². The third kappa shape index (κ3) is 6.47. The van der Waals surface area contributed by atoms with Gasteiger partial charge in [0, 0.05) is 86.8 Å². The van der Waals surface area contributed by atoms with Crippen molar-refractivity contribution in [3.8, 4) is 17.0 Å². The molecule has 3 aliphatic heterocycles. The fourth-order valence-corrected chi connectivity index (χ4v) is 8.16. The number of rotatable bonds is 9. The van der Waals surface area contributed by atoms with Gasteiger partial charge >= 0.3 is 0 Å². The van der Waals surface area contributed by atoms with Gasteiger partial charge in [-0.05, 0) is 71.6 Å². The van der Waals surface area contributed by atoms with Crippen LogP contribution in [-0.4, -0.2) is 76.9 Å². The minimum atomic E-state index is -0.287. The number of hydrogen-bond acceptors (Lipinski definition) is 9. The Morgan fingerprint density at radius 2 is 1.65 bits per heavy atom. The molecular weight excluding hydrogens is 682 g/mol. The third-order valence-corrected chi connectivity index (χ3v) is 11.1. The Morgan fingerprint density at radius 3 is 2.44 bits per heavy atom. The van der Waals surface area contributed by atoms with Crippen molar-refractivity contribution in [3.63, 3.8) is 0 Å². The first-order valence-electron chi connectivity index (χ1n) is 18.5. The van der Waals surface area contributed by atoms with Crippen LogP contribution in [0.4, 0.5) is 21.6 Å². The van der Waals surface area contributed by atoms with E-state index < -0.39 is 0 Å². The van der Waals surface area contributed by atoms with Gasteiger partial charge < -0.3 is 25.6 Å². The highest BCUT2D eigenvalue weighted by Gasteiger charge is 2.29. The number of nitrogens with two attached hydrogens (primary N) is 1. The summed E-state index contributed by atoms with van der Waals surface area (Å²) in [5.74, 6) is 0.804. The summed E-state index contributed by atoms with van der Waals surface area (Å²) in [7, 11) is 1.60. The van der Waals surface area contributed by atoms with Crippen LogP contribution in [-0.2, 0) is 19.5 Å². The first kappa shape index (κ1) is 33.8. The summed E-state index contributed by atoms with van der Waals surface area (Å²) in [6.07, 6.45) is 2.98. The zero-order valence-corrected chi connectivity index (χ0v) is 30.2. The molecule has 0 bridgehead atoms. The van der Waals surface area contributed by atoms with E-state index in [1.54, 1.807) is 13.2 Å². The van der Waals surface area contributed by atoms with Gasteiger partial charge in [-0.3, -0.25) is 9.69 Å². The molecule has 9 rings (SSSR count). The third-order valence-electron chi connectivity index (χ3n) is 11.1. The number of carbonyl (C=O) groups excluding carboxylic acids is 1. The van der Waals surface area contributed by atoms with Crippen LogP contribution >= 0.6 is 0 Å². The molecule has 1 atom stereocenters. The highest BCUT2D eigenvalue weighted by Crippen LogP contribution is 2.36. The quantitative estimate of drug-likeness (QED) is 0.190. The Balaban J connectivity index is 0.851. The van der Waals surface area contributed by atoms with Gasteiger partial charge in [-0.15, -0.1) is 0 Å². The lowest BCUT2D eigenvalue weighted by Gasteiger charge is -2.36. The lowest BCUT2D eigenvalue weighted by atomic mass is 10.0. The Morgan fingerprint density at radius 1 is 0.870 bits per heavy atom.